The fourth-order valence-corrected chi connectivity index (χ4v) is 3.67. The van der Waals surface area contributed by atoms with E-state index in [4.69, 9.17) is 5.73 Å². The molecular formula is C19H29FIN5O. The molecule has 1 atom stereocenters. The molecule has 0 saturated carbocycles. The van der Waals surface area contributed by atoms with Crippen molar-refractivity contribution in [3.05, 3.63) is 30.1 Å². The Balaban J connectivity index is 0.00000261. The van der Waals surface area contributed by atoms with Gasteiger partial charge in [0.15, 0.2) is 5.96 Å². The predicted octanol–water partition coefficient (Wildman–Crippen LogP) is 2.14. The molecule has 2 aliphatic rings. The summed E-state index contributed by atoms with van der Waals surface area (Å²) in [6.45, 7) is 7.22. The number of piperidine rings is 1. The number of nitrogens with zero attached hydrogens (tertiary/aromatic N) is 4. The van der Waals surface area contributed by atoms with Gasteiger partial charge in [0.05, 0.1) is 0 Å². The van der Waals surface area contributed by atoms with Crippen molar-refractivity contribution in [1.82, 2.24) is 9.80 Å². The van der Waals surface area contributed by atoms with Crippen molar-refractivity contribution in [1.29, 1.82) is 0 Å². The average Bonchev–Trinajstić information content (AvgIpc) is 2.67. The highest BCUT2D eigenvalue weighted by molar-refractivity contribution is 14.0. The van der Waals surface area contributed by atoms with E-state index in [0.29, 0.717) is 18.4 Å². The first-order valence-corrected chi connectivity index (χ1v) is 9.34. The van der Waals surface area contributed by atoms with E-state index in [1.165, 1.54) is 12.1 Å². The third-order valence-corrected chi connectivity index (χ3v) is 5.27. The number of halogens is 2. The van der Waals surface area contributed by atoms with Crippen LogP contribution in [-0.2, 0) is 4.79 Å². The lowest BCUT2D eigenvalue weighted by molar-refractivity contribution is -0.130. The number of guanidine groups is 1. The Bertz CT molecular complexity index is 646. The van der Waals surface area contributed by atoms with Crippen molar-refractivity contribution in [3.63, 3.8) is 0 Å². The number of carbonyl (C=O) groups is 1. The van der Waals surface area contributed by atoms with Crippen molar-refractivity contribution in [2.45, 2.75) is 19.8 Å². The molecule has 1 aromatic carbocycles. The van der Waals surface area contributed by atoms with Crippen molar-refractivity contribution in [2.75, 3.05) is 50.7 Å². The Morgan fingerprint density at radius 2 is 1.81 bits per heavy atom. The minimum Gasteiger partial charge on any atom is -0.370 e. The van der Waals surface area contributed by atoms with Crippen molar-refractivity contribution >= 4 is 41.5 Å². The van der Waals surface area contributed by atoms with Gasteiger partial charge in [-0.25, -0.2) is 4.39 Å². The van der Waals surface area contributed by atoms with Gasteiger partial charge >= 0.3 is 0 Å². The SMILES string of the molecule is CC(=O)N1CCCC(CN=C(N)N2CCN(c3ccc(F)cc3)CC2)C1.I. The lowest BCUT2D eigenvalue weighted by Gasteiger charge is -2.37. The molecule has 2 fully saturated rings. The maximum absolute atomic E-state index is 13.0. The Kier molecular flexibility index (Phi) is 8.12. The summed E-state index contributed by atoms with van der Waals surface area (Å²) in [5.41, 5.74) is 7.23. The van der Waals surface area contributed by atoms with E-state index in [1.807, 2.05) is 17.0 Å². The molecule has 2 saturated heterocycles. The van der Waals surface area contributed by atoms with E-state index in [2.05, 4.69) is 14.8 Å². The van der Waals surface area contributed by atoms with Crippen LogP contribution in [0.5, 0.6) is 0 Å². The van der Waals surface area contributed by atoms with Gasteiger partial charge in [0.25, 0.3) is 0 Å². The standard InChI is InChI=1S/C19H28FN5O.HI/c1-15(26)25-8-2-3-16(14-25)13-22-19(21)24-11-9-23(10-12-24)18-6-4-17(20)5-7-18;/h4-7,16H,2-3,8-14H2,1H3,(H2,21,22);1H. The first-order chi connectivity index (χ1) is 12.5. The van der Waals surface area contributed by atoms with Crippen molar-refractivity contribution < 1.29 is 9.18 Å². The number of anilines is 1. The fraction of sp³-hybridized carbons (Fsp3) is 0.579. The number of rotatable bonds is 3. The Hall–Kier alpha value is -1.58. The Morgan fingerprint density at radius 1 is 1.15 bits per heavy atom. The molecule has 0 aromatic heterocycles. The van der Waals surface area contributed by atoms with Crippen molar-refractivity contribution in [3.8, 4) is 0 Å². The van der Waals surface area contributed by atoms with E-state index in [0.717, 1.165) is 57.8 Å². The summed E-state index contributed by atoms with van der Waals surface area (Å²) < 4.78 is 13.0. The van der Waals surface area contributed by atoms with Gasteiger partial charge in [0.2, 0.25) is 5.91 Å². The minimum atomic E-state index is -0.213. The Labute approximate surface area is 177 Å². The summed E-state index contributed by atoms with van der Waals surface area (Å²) in [6.07, 6.45) is 2.13. The molecule has 2 heterocycles. The summed E-state index contributed by atoms with van der Waals surface area (Å²) >= 11 is 0. The molecular weight excluding hydrogens is 460 g/mol. The molecule has 8 heteroatoms. The maximum Gasteiger partial charge on any atom is 0.219 e. The first-order valence-electron chi connectivity index (χ1n) is 9.34. The van der Waals surface area contributed by atoms with Gasteiger partial charge in [-0.05, 0) is 43.0 Å². The number of amides is 1. The zero-order valence-electron chi connectivity index (χ0n) is 15.8. The van der Waals surface area contributed by atoms with E-state index < -0.39 is 0 Å². The topological polar surface area (TPSA) is 65.2 Å². The van der Waals surface area contributed by atoms with Crippen LogP contribution in [0.1, 0.15) is 19.8 Å². The highest BCUT2D eigenvalue weighted by atomic mass is 127. The lowest BCUT2D eigenvalue weighted by Crippen LogP contribution is -2.51. The quantitative estimate of drug-likeness (QED) is 0.402. The smallest absolute Gasteiger partial charge is 0.219 e. The molecule has 0 spiro atoms. The molecule has 3 rings (SSSR count). The molecule has 150 valence electrons. The maximum atomic E-state index is 13.0. The summed E-state index contributed by atoms with van der Waals surface area (Å²) in [6, 6.07) is 6.61. The first kappa shape index (κ1) is 21.7. The average molecular weight is 489 g/mol. The predicted molar refractivity (Wildman–Crippen MR) is 117 cm³/mol. The second kappa shape index (κ2) is 10.1. The van der Waals surface area contributed by atoms with Crippen LogP contribution in [0.15, 0.2) is 29.3 Å². The van der Waals surface area contributed by atoms with E-state index in [-0.39, 0.29) is 35.7 Å². The molecule has 2 aliphatic heterocycles. The molecule has 27 heavy (non-hydrogen) atoms. The van der Waals surface area contributed by atoms with Gasteiger partial charge in [0, 0.05) is 58.4 Å². The van der Waals surface area contributed by atoms with Gasteiger partial charge in [-0.1, -0.05) is 0 Å². The van der Waals surface area contributed by atoms with Crippen LogP contribution in [0.2, 0.25) is 0 Å². The summed E-state index contributed by atoms with van der Waals surface area (Å²) in [7, 11) is 0. The largest absolute Gasteiger partial charge is 0.370 e. The number of benzene rings is 1. The van der Waals surface area contributed by atoms with Crippen LogP contribution in [0.3, 0.4) is 0 Å². The molecule has 1 unspecified atom stereocenters. The second-order valence-corrected chi connectivity index (χ2v) is 7.12. The molecule has 1 aromatic rings. The van der Waals surface area contributed by atoms with E-state index in [1.54, 1.807) is 6.92 Å². The summed E-state index contributed by atoms with van der Waals surface area (Å²) in [4.78, 5) is 22.4. The van der Waals surface area contributed by atoms with Crippen LogP contribution >= 0.6 is 24.0 Å². The van der Waals surface area contributed by atoms with Gasteiger partial charge in [-0.2, -0.15) is 0 Å². The van der Waals surface area contributed by atoms with E-state index in [9.17, 15) is 9.18 Å². The molecule has 0 bridgehead atoms. The third kappa shape index (κ3) is 5.95. The highest BCUT2D eigenvalue weighted by Gasteiger charge is 2.22. The number of nitrogens with two attached hydrogens (primary N) is 1. The van der Waals surface area contributed by atoms with Crippen LogP contribution < -0.4 is 10.6 Å². The van der Waals surface area contributed by atoms with Crippen LogP contribution in [0.25, 0.3) is 0 Å². The number of carbonyl (C=O) groups excluding carboxylic acids is 1. The number of aliphatic imine (C=N–C) groups is 1. The van der Waals surface area contributed by atoms with Gasteiger partial charge in [-0.15, -0.1) is 24.0 Å². The lowest BCUT2D eigenvalue weighted by atomic mass is 9.98. The summed E-state index contributed by atoms with van der Waals surface area (Å²) in [5.74, 6) is 0.911. The number of likely N-dealkylation sites (tertiary alicyclic amines) is 1. The number of hydrogen-bond acceptors (Lipinski definition) is 3. The molecule has 0 aliphatic carbocycles. The number of piperazine rings is 1. The molecule has 0 radical (unpaired) electrons. The normalized spacial score (nSPS) is 21.0. The van der Waals surface area contributed by atoms with Gasteiger partial charge < -0.3 is 20.4 Å². The fourth-order valence-electron chi connectivity index (χ4n) is 3.67. The van der Waals surface area contributed by atoms with Crippen LogP contribution in [0, 0.1) is 11.7 Å². The minimum absolute atomic E-state index is 0. The molecule has 2 N–H and O–H groups in total. The van der Waals surface area contributed by atoms with Gasteiger partial charge in [0.1, 0.15) is 5.82 Å². The zero-order valence-corrected chi connectivity index (χ0v) is 18.1. The van der Waals surface area contributed by atoms with Crippen molar-refractivity contribution in [2.24, 2.45) is 16.6 Å². The Morgan fingerprint density at radius 3 is 2.44 bits per heavy atom. The molecule has 1 amide bonds. The summed E-state index contributed by atoms with van der Waals surface area (Å²) in [5, 5.41) is 0. The highest BCUT2D eigenvalue weighted by Crippen LogP contribution is 2.18. The van der Waals surface area contributed by atoms with Crippen LogP contribution in [-0.4, -0.2) is 67.5 Å². The molecule has 6 nitrogen and oxygen atoms in total. The van der Waals surface area contributed by atoms with E-state index >= 15 is 0 Å². The third-order valence-electron chi connectivity index (χ3n) is 5.27. The van der Waals surface area contributed by atoms with Gasteiger partial charge in [-0.3, -0.25) is 9.79 Å². The number of hydrogen-bond donors (Lipinski definition) is 1. The second-order valence-electron chi connectivity index (χ2n) is 7.12. The monoisotopic (exact) mass is 489 g/mol. The van der Waals surface area contributed by atoms with Crippen LogP contribution in [0.4, 0.5) is 10.1 Å². The zero-order chi connectivity index (χ0) is 18.5.